The number of hydrogen-bond donors (Lipinski definition) is 3. The maximum absolute atomic E-state index is 5.85. The van der Waals surface area contributed by atoms with Crippen LogP contribution in [0, 0.1) is 0 Å². The van der Waals surface area contributed by atoms with E-state index in [1.807, 2.05) is 12.1 Å². The van der Waals surface area contributed by atoms with E-state index in [1.165, 1.54) is 0 Å². The third kappa shape index (κ3) is 2.61. The zero-order valence-electron chi connectivity index (χ0n) is 8.26. The SMILES string of the molecule is CCCC(NN)c1ccc(Cl)cc1N. The fourth-order valence-corrected chi connectivity index (χ4v) is 1.66. The normalized spacial score (nSPS) is 12.8. The molecule has 0 spiro atoms. The number of hydrogen-bond acceptors (Lipinski definition) is 3. The predicted octanol–water partition coefficient (Wildman–Crippen LogP) is 2.23. The molecule has 0 aliphatic heterocycles. The van der Waals surface area contributed by atoms with Gasteiger partial charge in [0.2, 0.25) is 0 Å². The van der Waals surface area contributed by atoms with Gasteiger partial charge in [-0.05, 0) is 24.1 Å². The first-order chi connectivity index (χ1) is 6.69. The van der Waals surface area contributed by atoms with Crippen molar-refractivity contribution in [3.8, 4) is 0 Å². The smallest absolute Gasteiger partial charge is 0.0480 e. The molecule has 0 aromatic heterocycles. The summed E-state index contributed by atoms with van der Waals surface area (Å²) in [5.41, 5.74) is 10.3. The summed E-state index contributed by atoms with van der Waals surface area (Å²) in [5.74, 6) is 5.46. The lowest BCUT2D eigenvalue weighted by Crippen LogP contribution is -2.28. The highest BCUT2D eigenvalue weighted by Crippen LogP contribution is 2.26. The molecule has 1 aromatic rings. The van der Waals surface area contributed by atoms with Gasteiger partial charge in [-0.25, -0.2) is 0 Å². The number of rotatable bonds is 4. The Kier molecular flexibility index (Phi) is 4.20. The maximum Gasteiger partial charge on any atom is 0.0480 e. The quantitative estimate of drug-likeness (QED) is 0.408. The van der Waals surface area contributed by atoms with Gasteiger partial charge in [-0.2, -0.15) is 0 Å². The van der Waals surface area contributed by atoms with Gasteiger partial charge in [-0.1, -0.05) is 31.0 Å². The third-order valence-corrected chi connectivity index (χ3v) is 2.44. The van der Waals surface area contributed by atoms with Gasteiger partial charge in [0.1, 0.15) is 0 Å². The van der Waals surface area contributed by atoms with E-state index in [4.69, 9.17) is 23.2 Å². The summed E-state index contributed by atoms with van der Waals surface area (Å²) >= 11 is 5.81. The van der Waals surface area contributed by atoms with E-state index in [0.717, 1.165) is 18.4 Å². The molecular weight excluding hydrogens is 198 g/mol. The molecule has 0 bridgehead atoms. The van der Waals surface area contributed by atoms with Gasteiger partial charge >= 0.3 is 0 Å². The van der Waals surface area contributed by atoms with Crippen LogP contribution in [0.5, 0.6) is 0 Å². The predicted molar refractivity (Wildman–Crippen MR) is 60.8 cm³/mol. The van der Waals surface area contributed by atoms with Crippen molar-refractivity contribution in [1.29, 1.82) is 0 Å². The summed E-state index contributed by atoms with van der Waals surface area (Å²) < 4.78 is 0. The highest BCUT2D eigenvalue weighted by molar-refractivity contribution is 6.30. The monoisotopic (exact) mass is 213 g/mol. The summed E-state index contributed by atoms with van der Waals surface area (Å²) in [7, 11) is 0. The molecule has 1 unspecified atom stereocenters. The molecule has 78 valence electrons. The number of benzene rings is 1. The second kappa shape index (κ2) is 5.20. The fourth-order valence-electron chi connectivity index (χ4n) is 1.48. The number of nitrogens with two attached hydrogens (primary N) is 2. The molecule has 0 saturated carbocycles. The molecule has 1 atom stereocenters. The van der Waals surface area contributed by atoms with Crippen LogP contribution >= 0.6 is 11.6 Å². The van der Waals surface area contributed by atoms with Crippen molar-refractivity contribution in [2.24, 2.45) is 5.84 Å². The Labute approximate surface area is 89.4 Å². The van der Waals surface area contributed by atoms with E-state index in [1.54, 1.807) is 6.07 Å². The van der Waals surface area contributed by atoms with Gasteiger partial charge in [0.15, 0.2) is 0 Å². The van der Waals surface area contributed by atoms with Crippen LogP contribution in [0.2, 0.25) is 5.02 Å². The standard InChI is InChI=1S/C10H16ClN3/c1-2-3-10(14-13)8-5-4-7(11)6-9(8)12/h4-6,10,14H,2-3,12-13H2,1H3. The van der Waals surface area contributed by atoms with Crippen LogP contribution < -0.4 is 17.0 Å². The molecule has 0 radical (unpaired) electrons. The number of nitrogens with one attached hydrogen (secondary N) is 1. The minimum Gasteiger partial charge on any atom is -0.398 e. The lowest BCUT2D eigenvalue weighted by Gasteiger charge is -2.17. The number of halogens is 1. The molecule has 3 nitrogen and oxygen atoms in total. The average Bonchev–Trinajstić information content (AvgIpc) is 2.15. The lowest BCUT2D eigenvalue weighted by molar-refractivity contribution is 0.511. The van der Waals surface area contributed by atoms with Crippen LogP contribution in [0.25, 0.3) is 0 Å². The van der Waals surface area contributed by atoms with Crippen molar-refractivity contribution in [2.75, 3.05) is 5.73 Å². The Hall–Kier alpha value is -0.770. The van der Waals surface area contributed by atoms with E-state index in [0.29, 0.717) is 10.7 Å². The molecule has 0 saturated heterocycles. The lowest BCUT2D eigenvalue weighted by atomic mass is 10.0. The van der Waals surface area contributed by atoms with E-state index < -0.39 is 0 Å². The first-order valence-electron chi connectivity index (χ1n) is 4.70. The van der Waals surface area contributed by atoms with E-state index >= 15 is 0 Å². The fraction of sp³-hybridized carbons (Fsp3) is 0.400. The molecular formula is C10H16ClN3. The third-order valence-electron chi connectivity index (χ3n) is 2.20. The second-order valence-electron chi connectivity index (χ2n) is 3.28. The Bertz CT molecular complexity index is 301. The first kappa shape index (κ1) is 11.3. The molecule has 5 N–H and O–H groups in total. The van der Waals surface area contributed by atoms with Gasteiger partial charge in [-0.3, -0.25) is 11.3 Å². The molecule has 0 heterocycles. The van der Waals surface area contributed by atoms with E-state index in [2.05, 4.69) is 12.3 Å². The van der Waals surface area contributed by atoms with E-state index in [9.17, 15) is 0 Å². The highest BCUT2D eigenvalue weighted by Gasteiger charge is 2.11. The minimum absolute atomic E-state index is 0.109. The molecule has 1 rings (SSSR count). The summed E-state index contributed by atoms with van der Waals surface area (Å²) in [4.78, 5) is 0. The Balaban J connectivity index is 2.92. The largest absolute Gasteiger partial charge is 0.398 e. The molecule has 4 heteroatoms. The molecule has 0 fully saturated rings. The minimum atomic E-state index is 0.109. The number of hydrazine groups is 1. The zero-order valence-corrected chi connectivity index (χ0v) is 9.01. The summed E-state index contributed by atoms with van der Waals surface area (Å²) in [6.45, 7) is 2.11. The van der Waals surface area contributed by atoms with Crippen molar-refractivity contribution in [2.45, 2.75) is 25.8 Å². The Morgan fingerprint density at radius 1 is 1.50 bits per heavy atom. The van der Waals surface area contributed by atoms with E-state index in [-0.39, 0.29) is 6.04 Å². The number of nitrogen functional groups attached to an aromatic ring is 1. The zero-order chi connectivity index (χ0) is 10.6. The molecule has 0 amide bonds. The van der Waals surface area contributed by atoms with Crippen LogP contribution in [-0.4, -0.2) is 0 Å². The maximum atomic E-state index is 5.85. The average molecular weight is 214 g/mol. The first-order valence-corrected chi connectivity index (χ1v) is 5.08. The Morgan fingerprint density at radius 2 is 2.21 bits per heavy atom. The molecule has 14 heavy (non-hydrogen) atoms. The van der Waals surface area contributed by atoms with Crippen LogP contribution in [-0.2, 0) is 0 Å². The van der Waals surface area contributed by atoms with Crippen molar-refractivity contribution < 1.29 is 0 Å². The van der Waals surface area contributed by atoms with Crippen LogP contribution in [0.3, 0.4) is 0 Å². The summed E-state index contributed by atoms with van der Waals surface area (Å²) in [5, 5.41) is 0.651. The van der Waals surface area contributed by atoms with Crippen LogP contribution in [0.1, 0.15) is 31.4 Å². The second-order valence-corrected chi connectivity index (χ2v) is 3.72. The molecule has 0 aliphatic rings. The molecule has 0 aliphatic carbocycles. The van der Waals surface area contributed by atoms with Crippen molar-refractivity contribution in [1.82, 2.24) is 5.43 Å². The van der Waals surface area contributed by atoms with Gasteiger partial charge in [-0.15, -0.1) is 0 Å². The highest BCUT2D eigenvalue weighted by atomic mass is 35.5. The van der Waals surface area contributed by atoms with Crippen molar-refractivity contribution >= 4 is 17.3 Å². The van der Waals surface area contributed by atoms with Gasteiger partial charge in [0.25, 0.3) is 0 Å². The topological polar surface area (TPSA) is 64.1 Å². The molecule has 1 aromatic carbocycles. The van der Waals surface area contributed by atoms with Crippen molar-refractivity contribution in [3.05, 3.63) is 28.8 Å². The van der Waals surface area contributed by atoms with Gasteiger partial charge in [0, 0.05) is 16.8 Å². The van der Waals surface area contributed by atoms with Crippen LogP contribution in [0.15, 0.2) is 18.2 Å². The summed E-state index contributed by atoms with van der Waals surface area (Å²) in [6.07, 6.45) is 2.01. The summed E-state index contributed by atoms with van der Waals surface area (Å²) in [6, 6.07) is 5.60. The van der Waals surface area contributed by atoms with Gasteiger partial charge < -0.3 is 5.73 Å². The van der Waals surface area contributed by atoms with Crippen LogP contribution in [0.4, 0.5) is 5.69 Å². The van der Waals surface area contributed by atoms with Crippen molar-refractivity contribution in [3.63, 3.8) is 0 Å². The number of anilines is 1. The Morgan fingerprint density at radius 3 is 2.71 bits per heavy atom. The van der Waals surface area contributed by atoms with Gasteiger partial charge in [0.05, 0.1) is 0 Å².